The van der Waals surface area contributed by atoms with E-state index in [4.69, 9.17) is 16.2 Å². The molecule has 0 spiro atoms. The van der Waals surface area contributed by atoms with Crippen molar-refractivity contribution in [3.8, 4) is 33.5 Å². The molecule has 0 unspecified atom stereocenters. The lowest BCUT2D eigenvalue weighted by Gasteiger charge is -2.27. The molecule has 0 atom stereocenters. The monoisotopic (exact) mass is 408 g/mol. The molecule has 0 bridgehead atoms. The standard InChI is InChI=1S/C20H20N6O2S/c1-2-11-28-25-19(27)16-12-15(23-24-16)17-18(26-9-4-3-5-10-26)22-20(29-17)14-7-6-8-21-13-14/h1,6-8,12-13H,3-5,9-11H2,(H,23,24)(H,25,27). The van der Waals surface area contributed by atoms with Crippen LogP contribution in [0.3, 0.4) is 0 Å². The Labute approximate surface area is 172 Å². The highest BCUT2D eigenvalue weighted by Gasteiger charge is 2.23. The number of nitrogens with one attached hydrogen (secondary N) is 2. The number of rotatable bonds is 6. The number of nitrogens with zero attached hydrogens (tertiary/aromatic N) is 4. The minimum Gasteiger partial charge on any atom is -0.355 e. The Morgan fingerprint density at radius 2 is 2.24 bits per heavy atom. The van der Waals surface area contributed by atoms with Crippen molar-refractivity contribution in [1.82, 2.24) is 25.6 Å². The molecule has 148 valence electrons. The first-order valence-electron chi connectivity index (χ1n) is 9.34. The molecule has 29 heavy (non-hydrogen) atoms. The summed E-state index contributed by atoms with van der Waals surface area (Å²) in [7, 11) is 0. The fourth-order valence-corrected chi connectivity index (χ4v) is 4.21. The number of H-pyrrole nitrogens is 1. The Balaban J connectivity index is 1.66. The van der Waals surface area contributed by atoms with Gasteiger partial charge in [-0.15, -0.1) is 17.8 Å². The highest BCUT2D eigenvalue weighted by atomic mass is 32.1. The maximum atomic E-state index is 12.2. The second kappa shape index (κ2) is 8.86. The van der Waals surface area contributed by atoms with Gasteiger partial charge in [0.1, 0.15) is 17.4 Å². The van der Waals surface area contributed by atoms with Crippen molar-refractivity contribution in [2.75, 3.05) is 24.6 Å². The zero-order valence-electron chi connectivity index (χ0n) is 15.7. The maximum absolute atomic E-state index is 12.2. The molecule has 0 radical (unpaired) electrons. The van der Waals surface area contributed by atoms with Crippen LogP contribution in [0.15, 0.2) is 30.6 Å². The molecule has 8 nitrogen and oxygen atoms in total. The molecule has 1 fully saturated rings. The van der Waals surface area contributed by atoms with Gasteiger partial charge < -0.3 is 4.90 Å². The highest BCUT2D eigenvalue weighted by molar-refractivity contribution is 7.19. The number of amides is 1. The Kier molecular flexibility index (Phi) is 5.84. The summed E-state index contributed by atoms with van der Waals surface area (Å²) >= 11 is 1.55. The van der Waals surface area contributed by atoms with E-state index in [1.807, 2.05) is 12.1 Å². The summed E-state index contributed by atoms with van der Waals surface area (Å²) in [6.07, 6.45) is 12.2. The summed E-state index contributed by atoms with van der Waals surface area (Å²) in [5.41, 5.74) is 4.20. The third-order valence-electron chi connectivity index (χ3n) is 4.55. The number of anilines is 1. The molecule has 0 aliphatic carbocycles. The molecular weight excluding hydrogens is 388 g/mol. The quantitative estimate of drug-likeness (QED) is 0.370. The van der Waals surface area contributed by atoms with E-state index in [1.165, 1.54) is 6.42 Å². The number of carbonyl (C=O) groups is 1. The van der Waals surface area contributed by atoms with Gasteiger partial charge in [0.05, 0.1) is 10.6 Å². The summed E-state index contributed by atoms with van der Waals surface area (Å²) in [6.45, 7) is 1.92. The first kappa shape index (κ1) is 19.1. The number of terminal acetylenes is 1. The Hall–Kier alpha value is -3.22. The third-order valence-corrected chi connectivity index (χ3v) is 5.68. The average Bonchev–Trinajstić information content (AvgIpc) is 3.43. The fraction of sp³-hybridized carbons (Fsp3) is 0.300. The summed E-state index contributed by atoms with van der Waals surface area (Å²) < 4.78 is 0. The van der Waals surface area contributed by atoms with Gasteiger partial charge in [0.25, 0.3) is 5.91 Å². The Morgan fingerprint density at radius 1 is 1.38 bits per heavy atom. The highest BCUT2D eigenvalue weighted by Crippen LogP contribution is 2.40. The van der Waals surface area contributed by atoms with Crippen LogP contribution in [-0.2, 0) is 4.84 Å². The minimum absolute atomic E-state index is 0.00849. The number of hydrogen-bond donors (Lipinski definition) is 2. The number of aromatic nitrogens is 4. The molecule has 1 amide bonds. The number of carbonyl (C=O) groups excluding carboxylic acids is 1. The van der Waals surface area contributed by atoms with Crippen LogP contribution in [0.2, 0.25) is 0 Å². The molecule has 1 aliphatic rings. The summed E-state index contributed by atoms with van der Waals surface area (Å²) in [5.74, 6) is 2.74. The van der Waals surface area contributed by atoms with Gasteiger partial charge >= 0.3 is 0 Å². The number of aromatic amines is 1. The van der Waals surface area contributed by atoms with Crippen LogP contribution >= 0.6 is 11.3 Å². The average molecular weight is 408 g/mol. The molecule has 9 heteroatoms. The second-order valence-corrected chi connectivity index (χ2v) is 7.55. The predicted molar refractivity (Wildman–Crippen MR) is 111 cm³/mol. The van der Waals surface area contributed by atoms with Gasteiger partial charge in [0, 0.05) is 31.0 Å². The second-order valence-electron chi connectivity index (χ2n) is 6.55. The summed E-state index contributed by atoms with van der Waals surface area (Å²) in [4.78, 5) is 29.4. The van der Waals surface area contributed by atoms with E-state index in [0.717, 1.165) is 52.9 Å². The van der Waals surface area contributed by atoms with Gasteiger partial charge in [0.15, 0.2) is 5.69 Å². The normalized spacial score (nSPS) is 13.8. The van der Waals surface area contributed by atoms with Gasteiger partial charge in [-0.3, -0.25) is 19.7 Å². The summed E-state index contributed by atoms with van der Waals surface area (Å²) in [6, 6.07) is 5.58. The van der Waals surface area contributed by atoms with Gasteiger partial charge in [-0.05, 0) is 37.5 Å². The van der Waals surface area contributed by atoms with Crippen LogP contribution in [0.4, 0.5) is 5.82 Å². The maximum Gasteiger partial charge on any atom is 0.295 e. The zero-order valence-corrected chi connectivity index (χ0v) is 16.5. The number of pyridine rings is 1. The Bertz CT molecular complexity index is 1020. The Morgan fingerprint density at radius 3 is 3.00 bits per heavy atom. The largest absolute Gasteiger partial charge is 0.355 e. The number of thiazole rings is 1. The van der Waals surface area contributed by atoms with Crippen molar-refractivity contribution in [3.05, 3.63) is 36.3 Å². The van der Waals surface area contributed by atoms with Gasteiger partial charge in [0.2, 0.25) is 0 Å². The minimum atomic E-state index is -0.459. The van der Waals surface area contributed by atoms with Crippen LogP contribution in [-0.4, -0.2) is 45.8 Å². The molecule has 1 saturated heterocycles. The van der Waals surface area contributed by atoms with E-state index in [1.54, 1.807) is 29.8 Å². The zero-order chi connectivity index (χ0) is 20.1. The van der Waals surface area contributed by atoms with Gasteiger partial charge in [-0.1, -0.05) is 5.92 Å². The van der Waals surface area contributed by atoms with Crippen molar-refractivity contribution in [1.29, 1.82) is 0 Å². The van der Waals surface area contributed by atoms with E-state index >= 15 is 0 Å². The van der Waals surface area contributed by atoms with Gasteiger partial charge in [-0.2, -0.15) is 5.10 Å². The van der Waals surface area contributed by atoms with E-state index in [0.29, 0.717) is 0 Å². The van der Waals surface area contributed by atoms with Crippen LogP contribution in [0.5, 0.6) is 0 Å². The smallest absolute Gasteiger partial charge is 0.295 e. The van der Waals surface area contributed by atoms with Crippen LogP contribution < -0.4 is 10.4 Å². The third kappa shape index (κ3) is 4.29. The molecule has 2 N–H and O–H groups in total. The molecular formula is C20H20N6O2S. The van der Waals surface area contributed by atoms with Crippen molar-refractivity contribution in [3.63, 3.8) is 0 Å². The van der Waals surface area contributed by atoms with Crippen molar-refractivity contribution in [2.45, 2.75) is 19.3 Å². The molecule has 4 rings (SSSR count). The van der Waals surface area contributed by atoms with E-state index in [2.05, 4.69) is 31.5 Å². The molecule has 0 saturated carbocycles. The number of hydrogen-bond acceptors (Lipinski definition) is 7. The van der Waals surface area contributed by atoms with E-state index in [9.17, 15) is 4.79 Å². The van der Waals surface area contributed by atoms with Crippen molar-refractivity contribution >= 4 is 23.1 Å². The van der Waals surface area contributed by atoms with Crippen LogP contribution in [0.1, 0.15) is 29.8 Å². The van der Waals surface area contributed by atoms with Crippen molar-refractivity contribution < 1.29 is 9.63 Å². The predicted octanol–water partition coefficient (Wildman–Crippen LogP) is 2.88. The number of piperidine rings is 1. The lowest BCUT2D eigenvalue weighted by Crippen LogP contribution is -2.30. The molecule has 3 aromatic rings. The topological polar surface area (TPSA) is 96.0 Å². The van der Waals surface area contributed by atoms with Crippen molar-refractivity contribution in [2.24, 2.45) is 0 Å². The van der Waals surface area contributed by atoms with Crippen LogP contribution in [0.25, 0.3) is 21.1 Å². The first-order valence-corrected chi connectivity index (χ1v) is 10.2. The van der Waals surface area contributed by atoms with E-state index < -0.39 is 5.91 Å². The molecule has 4 heterocycles. The fourth-order valence-electron chi connectivity index (χ4n) is 3.17. The lowest BCUT2D eigenvalue weighted by molar-refractivity contribution is 0.0433. The summed E-state index contributed by atoms with van der Waals surface area (Å²) in [5, 5.41) is 7.96. The SMILES string of the molecule is C#CCONC(=O)c1cc(-c2sc(-c3cccnc3)nc2N2CCCCC2)[nH]n1. The first-order chi connectivity index (χ1) is 14.3. The van der Waals surface area contributed by atoms with E-state index in [-0.39, 0.29) is 12.3 Å². The van der Waals surface area contributed by atoms with Crippen LogP contribution in [0, 0.1) is 12.3 Å². The number of hydroxylamine groups is 1. The molecule has 3 aromatic heterocycles. The molecule has 1 aliphatic heterocycles. The van der Waals surface area contributed by atoms with Gasteiger partial charge in [-0.25, -0.2) is 10.5 Å². The molecule has 0 aromatic carbocycles. The lowest BCUT2D eigenvalue weighted by atomic mass is 10.1.